The Morgan fingerprint density at radius 2 is 1.68 bits per heavy atom. The summed E-state index contributed by atoms with van der Waals surface area (Å²) < 4.78 is 28.7. The van der Waals surface area contributed by atoms with Gasteiger partial charge in [0.25, 0.3) is 10.0 Å². The first-order valence-electron chi connectivity index (χ1n) is 12.2. The van der Waals surface area contributed by atoms with Gasteiger partial charge in [-0.3, -0.25) is 14.3 Å². The van der Waals surface area contributed by atoms with Crippen molar-refractivity contribution in [2.75, 3.05) is 17.6 Å². The lowest BCUT2D eigenvalue weighted by Crippen LogP contribution is -2.39. The molecule has 0 saturated heterocycles. The lowest BCUT2D eigenvalue weighted by atomic mass is 10.2. The average Bonchev–Trinajstić information content (AvgIpc) is 3.37. The minimum atomic E-state index is -4.05. The molecule has 2 aromatic carbocycles. The summed E-state index contributed by atoms with van der Waals surface area (Å²) in [5.74, 6) is 0.268. The molecule has 2 aromatic heterocycles. The zero-order valence-corrected chi connectivity index (χ0v) is 23.8. The highest BCUT2D eigenvalue weighted by molar-refractivity contribution is 7.99. The Labute approximate surface area is 240 Å². The number of hydrogen-bond acceptors (Lipinski definition) is 8. The summed E-state index contributed by atoms with van der Waals surface area (Å²) in [6.07, 6.45) is 4.93. The third-order valence-electron chi connectivity index (χ3n) is 5.48. The van der Waals surface area contributed by atoms with E-state index in [4.69, 9.17) is 11.6 Å². The number of benzene rings is 2. The fourth-order valence-electron chi connectivity index (χ4n) is 3.51. The molecule has 208 valence electrons. The van der Waals surface area contributed by atoms with Crippen molar-refractivity contribution < 1.29 is 18.0 Å². The highest BCUT2D eigenvalue weighted by atomic mass is 35.5. The van der Waals surface area contributed by atoms with Crippen LogP contribution >= 0.6 is 23.4 Å². The lowest BCUT2D eigenvalue weighted by molar-refractivity contribution is -0.113. The van der Waals surface area contributed by atoms with E-state index >= 15 is 0 Å². The molecule has 3 amide bonds. The van der Waals surface area contributed by atoms with Gasteiger partial charge >= 0.3 is 6.03 Å². The maximum atomic E-state index is 12.7. The van der Waals surface area contributed by atoms with Gasteiger partial charge in [-0.05, 0) is 67.1 Å². The van der Waals surface area contributed by atoms with Crippen LogP contribution in [0.5, 0.6) is 0 Å². The van der Waals surface area contributed by atoms with Crippen LogP contribution in [0.4, 0.5) is 10.5 Å². The molecule has 4 rings (SSSR count). The Morgan fingerprint density at radius 1 is 0.975 bits per heavy atom. The van der Waals surface area contributed by atoms with Gasteiger partial charge < -0.3 is 10.6 Å². The highest BCUT2D eigenvalue weighted by Gasteiger charge is 2.19. The number of thioether (sulfide) groups is 1. The Balaban J connectivity index is 1.41. The van der Waals surface area contributed by atoms with Crippen molar-refractivity contribution in [3.8, 4) is 17.1 Å². The minimum Gasteiger partial charge on any atom is -0.337 e. The van der Waals surface area contributed by atoms with Crippen LogP contribution in [0.2, 0.25) is 5.02 Å². The Bertz CT molecular complexity index is 1560. The molecule has 0 saturated carbocycles. The molecule has 0 fully saturated rings. The molecular formula is C26H26ClN7O4S2. The predicted molar refractivity (Wildman–Crippen MR) is 154 cm³/mol. The molecule has 0 aliphatic heterocycles. The first kappa shape index (κ1) is 29.1. The quantitative estimate of drug-likeness (QED) is 0.169. The second-order valence-corrected chi connectivity index (χ2v) is 11.5. The van der Waals surface area contributed by atoms with E-state index in [9.17, 15) is 18.0 Å². The van der Waals surface area contributed by atoms with Gasteiger partial charge in [-0.1, -0.05) is 36.7 Å². The minimum absolute atomic E-state index is 0.0155. The van der Waals surface area contributed by atoms with Crippen molar-refractivity contribution in [1.82, 2.24) is 29.8 Å². The number of nitrogens with one attached hydrogen (secondary N) is 3. The number of unbranched alkanes of at least 4 members (excludes halogenated alkanes) is 1. The SMILES string of the molecule is CCCCNC(=O)NS(=O)(=O)c1ccc(NC(=O)CSc2nnc(-c3ccncc3)n2-c2ccc(Cl)cc2)cc1. The number of pyridine rings is 1. The number of nitrogens with zero attached hydrogens (tertiary/aromatic N) is 4. The zero-order valence-electron chi connectivity index (χ0n) is 21.4. The van der Waals surface area contributed by atoms with Crippen LogP contribution < -0.4 is 15.4 Å². The van der Waals surface area contributed by atoms with Gasteiger partial charge in [0.1, 0.15) is 0 Å². The number of carbonyl (C=O) groups excluding carboxylic acids is 2. The average molecular weight is 600 g/mol. The van der Waals surface area contributed by atoms with Crippen LogP contribution in [-0.2, 0) is 14.8 Å². The molecule has 0 spiro atoms. The normalized spacial score (nSPS) is 11.2. The smallest absolute Gasteiger partial charge is 0.328 e. The summed E-state index contributed by atoms with van der Waals surface area (Å²) in [6.45, 7) is 2.34. The van der Waals surface area contributed by atoms with Gasteiger partial charge in [0.2, 0.25) is 5.91 Å². The first-order valence-corrected chi connectivity index (χ1v) is 15.1. The number of aromatic nitrogens is 4. The molecule has 2 heterocycles. The lowest BCUT2D eigenvalue weighted by Gasteiger charge is -2.11. The largest absolute Gasteiger partial charge is 0.337 e. The maximum absolute atomic E-state index is 12.7. The number of sulfonamides is 1. The fourth-order valence-corrected chi connectivity index (χ4v) is 5.32. The molecule has 0 radical (unpaired) electrons. The van der Waals surface area contributed by atoms with Crippen molar-refractivity contribution in [1.29, 1.82) is 0 Å². The maximum Gasteiger partial charge on any atom is 0.328 e. The molecule has 4 aromatic rings. The van der Waals surface area contributed by atoms with Gasteiger partial charge in [-0.25, -0.2) is 17.9 Å². The highest BCUT2D eigenvalue weighted by Crippen LogP contribution is 2.28. The standard InChI is InChI=1S/C26H26ClN7O4S2/c1-2-3-14-29-25(36)33-40(37,38)22-10-6-20(7-11-22)30-23(35)17-39-26-32-31-24(18-12-15-28-16-13-18)34(26)21-8-4-19(27)5-9-21/h4-13,15-16H,2-3,14,17H2,1H3,(H,30,35)(H2,29,33,36). The number of rotatable bonds is 11. The molecule has 40 heavy (non-hydrogen) atoms. The fraction of sp³-hybridized carbons (Fsp3) is 0.192. The molecule has 0 atom stereocenters. The van der Waals surface area contributed by atoms with Crippen molar-refractivity contribution >= 4 is 51.0 Å². The van der Waals surface area contributed by atoms with Crippen molar-refractivity contribution in [3.05, 3.63) is 78.1 Å². The van der Waals surface area contributed by atoms with E-state index < -0.39 is 16.1 Å². The van der Waals surface area contributed by atoms with E-state index in [0.29, 0.717) is 28.2 Å². The summed E-state index contributed by atoms with van der Waals surface area (Å²) in [5.41, 5.74) is 1.97. The number of urea groups is 1. The van der Waals surface area contributed by atoms with Crippen LogP contribution in [0.1, 0.15) is 19.8 Å². The molecule has 11 nitrogen and oxygen atoms in total. The second-order valence-electron chi connectivity index (χ2n) is 8.43. The zero-order chi connectivity index (χ0) is 28.5. The van der Waals surface area contributed by atoms with Crippen LogP contribution in [0, 0.1) is 0 Å². The van der Waals surface area contributed by atoms with Crippen LogP contribution in [0.3, 0.4) is 0 Å². The van der Waals surface area contributed by atoms with Crippen molar-refractivity contribution in [3.63, 3.8) is 0 Å². The first-order chi connectivity index (χ1) is 19.3. The number of carbonyl (C=O) groups is 2. The predicted octanol–water partition coefficient (Wildman–Crippen LogP) is 4.50. The second kappa shape index (κ2) is 13.4. The van der Waals surface area contributed by atoms with Crippen LogP contribution in [-0.4, -0.2) is 52.4 Å². The summed E-state index contributed by atoms with van der Waals surface area (Å²) >= 11 is 7.26. The third kappa shape index (κ3) is 7.58. The van der Waals surface area contributed by atoms with E-state index in [-0.39, 0.29) is 16.6 Å². The van der Waals surface area contributed by atoms with E-state index in [2.05, 4.69) is 25.8 Å². The van der Waals surface area contributed by atoms with Crippen molar-refractivity contribution in [2.45, 2.75) is 29.8 Å². The van der Waals surface area contributed by atoms with Crippen LogP contribution in [0.25, 0.3) is 17.1 Å². The molecule has 0 aliphatic rings. The summed E-state index contributed by atoms with van der Waals surface area (Å²) in [4.78, 5) is 28.5. The third-order valence-corrected chi connectivity index (χ3v) is 8.01. The molecule has 0 bridgehead atoms. The van der Waals surface area contributed by atoms with Gasteiger partial charge in [0.15, 0.2) is 11.0 Å². The topological polar surface area (TPSA) is 148 Å². The molecule has 14 heteroatoms. The summed E-state index contributed by atoms with van der Waals surface area (Å²) in [7, 11) is -4.05. The van der Waals surface area contributed by atoms with Crippen LogP contribution in [0.15, 0.2) is 83.1 Å². The summed E-state index contributed by atoms with van der Waals surface area (Å²) in [6, 6.07) is 15.5. The molecule has 3 N–H and O–H groups in total. The van der Waals surface area contributed by atoms with E-state index in [1.165, 1.54) is 36.0 Å². The van der Waals surface area contributed by atoms with E-state index in [0.717, 1.165) is 24.1 Å². The molecular weight excluding hydrogens is 574 g/mol. The number of halogens is 1. The molecule has 0 unspecified atom stereocenters. The van der Waals surface area contributed by atoms with Gasteiger partial charge in [0.05, 0.1) is 10.6 Å². The Morgan fingerprint density at radius 3 is 2.35 bits per heavy atom. The number of hydrogen-bond donors (Lipinski definition) is 3. The van der Waals surface area contributed by atoms with Crippen molar-refractivity contribution in [2.24, 2.45) is 0 Å². The number of amides is 3. The van der Waals surface area contributed by atoms with E-state index in [1.54, 1.807) is 24.5 Å². The van der Waals surface area contributed by atoms with Gasteiger partial charge in [0, 0.05) is 40.9 Å². The number of anilines is 1. The molecule has 0 aliphatic carbocycles. The Hall–Kier alpha value is -3.94. The van der Waals surface area contributed by atoms with E-state index in [1.807, 2.05) is 40.5 Å². The monoisotopic (exact) mass is 599 g/mol. The van der Waals surface area contributed by atoms with Gasteiger partial charge in [-0.2, -0.15) is 0 Å². The Kier molecular flexibility index (Phi) is 9.74. The summed E-state index contributed by atoms with van der Waals surface area (Å²) in [5, 5.41) is 14.9. The van der Waals surface area contributed by atoms with Gasteiger partial charge in [-0.15, -0.1) is 10.2 Å².